The summed E-state index contributed by atoms with van der Waals surface area (Å²) in [5.74, 6) is 2.58. The van der Waals surface area contributed by atoms with Crippen LogP contribution in [0.15, 0.2) is 47.0 Å². The minimum absolute atomic E-state index is 0.0142. The molecule has 0 spiro atoms. The molecule has 1 aliphatic rings. The number of furan rings is 1. The van der Waals surface area contributed by atoms with E-state index in [0.717, 1.165) is 37.5 Å². The Morgan fingerprint density at radius 2 is 2.08 bits per heavy atom. The average molecular weight is 325 g/mol. The van der Waals surface area contributed by atoms with E-state index >= 15 is 0 Å². The maximum absolute atomic E-state index is 12.3. The lowest BCUT2D eigenvalue weighted by atomic mass is 10.0. The van der Waals surface area contributed by atoms with E-state index in [-0.39, 0.29) is 11.9 Å². The number of hydrogen-bond acceptors (Lipinski definition) is 4. The van der Waals surface area contributed by atoms with E-state index < -0.39 is 0 Å². The number of rotatable bonds is 4. The highest BCUT2D eigenvalue weighted by atomic mass is 16.3. The lowest BCUT2D eigenvalue weighted by Crippen LogP contribution is -2.45. The van der Waals surface area contributed by atoms with Crippen molar-refractivity contribution >= 4 is 17.8 Å². The van der Waals surface area contributed by atoms with Crippen LogP contribution in [0.5, 0.6) is 0 Å². The number of nitrogens with zero attached hydrogens (tertiary/aromatic N) is 3. The van der Waals surface area contributed by atoms with Gasteiger partial charge in [0.15, 0.2) is 0 Å². The van der Waals surface area contributed by atoms with Gasteiger partial charge in [0.25, 0.3) is 0 Å². The van der Waals surface area contributed by atoms with Crippen molar-refractivity contribution in [3.8, 4) is 0 Å². The van der Waals surface area contributed by atoms with E-state index in [4.69, 9.17) is 4.42 Å². The van der Waals surface area contributed by atoms with Gasteiger partial charge in [0.2, 0.25) is 5.91 Å². The van der Waals surface area contributed by atoms with Crippen molar-refractivity contribution in [2.45, 2.75) is 25.8 Å². The minimum atomic E-state index is 0.0142. The van der Waals surface area contributed by atoms with E-state index in [1.54, 1.807) is 12.2 Å². The van der Waals surface area contributed by atoms with Gasteiger partial charge in [-0.3, -0.25) is 4.79 Å². The molecule has 2 aromatic rings. The molecule has 126 valence electrons. The Labute approximate surface area is 142 Å². The summed E-state index contributed by atoms with van der Waals surface area (Å²) < 4.78 is 5.45. The summed E-state index contributed by atoms with van der Waals surface area (Å²) in [6, 6.07) is 9.98. The van der Waals surface area contributed by atoms with Crippen LogP contribution in [0.3, 0.4) is 0 Å². The molecule has 5 heteroatoms. The fourth-order valence-corrected chi connectivity index (χ4v) is 3.02. The van der Waals surface area contributed by atoms with Crippen molar-refractivity contribution in [1.29, 1.82) is 0 Å². The van der Waals surface area contributed by atoms with Crippen molar-refractivity contribution in [2.24, 2.45) is 0 Å². The Bertz CT molecular complexity index is 700. The van der Waals surface area contributed by atoms with E-state index in [0.29, 0.717) is 5.76 Å². The lowest BCUT2D eigenvalue weighted by Gasteiger charge is -2.36. The van der Waals surface area contributed by atoms with E-state index in [1.165, 1.54) is 0 Å². The maximum Gasteiger partial charge on any atom is 0.246 e. The molecule has 5 nitrogen and oxygen atoms in total. The molecule has 0 aromatic carbocycles. The summed E-state index contributed by atoms with van der Waals surface area (Å²) in [6.45, 7) is 3.72. The number of anilines is 1. The number of piperidine rings is 1. The third kappa shape index (κ3) is 3.85. The molecule has 0 saturated carbocycles. The summed E-state index contributed by atoms with van der Waals surface area (Å²) in [4.78, 5) is 20.9. The average Bonchev–Trinajstić information content (AvgIpc) is 3.05. The third-order valence-electron chi connectivity index (χ3n) is 4.48. The van der Waals surface area contributed by atoms with Crippen LogP contribution in [0, 0.1) is 6.92 Å². The van der Waals surface area contributed by atoms with Crippen LogP contribution in [0.2, 0.25) is 0 Å². The standard InChI is InChI=1S/C19H23N3O2/c1-15-6-7-17(24-15)8-9-19(23)21(2)16-10-13-22(14-11-16)18-5-3-4-12-20-18/h3-9,12,16H,10-11,13-14H2,1-2H3. The van der Waals surface area contributed by atoms with Gasteiger partial charge in [0, 0.05) is 38.5 Å². The number of aryl methyl sites for hydroxylation is 1. The summed E-state index contributed by atoms with van der Waals surface area (Å²) in [5, 5.41) is 0. The zero-order valence-corrected chi connectivity index (χ0v) is 14.2. The Hall–Kier alpha value is -2.56. The van der Waals surface area contributed by atoms with Crippen LogP contribution in [0.1, 0.15) is 24.4 Å². The Balaban J connectivity index is 1.53. The highest BCUT2D eigenvalue weighted by Crippen LogP contribution is 2.20. The van der Waals surface area contributed by atoms with Gasteiger partial charge in [0.05, 0.1) is 0 Å². The predicted octanol–water partition coefficient (Wildman–Crippen LogP) is 3.12. The fraction of sp³-hybridized carbons (Fsp3) is 0.368. The zero-order valence-electron chi connectivity index (χ0n) is 14.2. The first-order valence-electron chi connectivity index (χ1n) is 8.31. The molecule has 2 aromatic heterocycles. The van der Waals surface area contributed by atoms with Crippen LogP contribution in [0.4, 0.5) is 5.82 Å². The molecule has 0 unspecified atom stereocenters. The molecule has 0 aliphatic carbocycles. The number of aromatic nitrogens is 1. The van der Waals surface area contributed by atoms with E-state index in [9.17, 15) is 4.79 Å². The van der Waals surface area contributed by atoms with Gasteiger partial charge in [-0.25, -0.2) is 4.98 Å². The molecule has 3 rings (SSSR count). The molecule has 0 atom stereocenters. The first-order chi connectivity index (χ1) is 11.6. The molecule has 1 aliphatic heterocycles. The van der Waals surface area contributed by atoms with Crippen molar-refractivity contribution in [2.75, 3.05) is 25.0 Å². The molecule has 0 radical (unpaired) electrons. The smallest absolute Gasteiger partial charge is 0.246 e. The topological polar surface area (TPSA) is 49.6 Å². The second-order valence-corrected chi connectivity index (χ2v) is 6.14. The Morgan fingerprint density at radius 1 is 1.29 bits per heavy atom. The highest BCUT2D eigenvalue weighted by Gasteiger charge is 2.24. The van der Waals surface area contributed by atoms with Crippen LogP contribution >= 0.6 is 0 Å². The Morgan fingerprint density at radius 3 is 2.71 bits per heavy atom. The van der Waals surface area contributed by atoms with E-state index in [1.807, 2.05) is 55.4 Å². The SMILES string of the molecule is Cc1ccc(C=CC(=O)N(C)C2CCN(c3ccccn3)CC2)o1. The summed E-state index contributed by atoms with van der Waals surface area (Å²) in [7, 11) is 1.88. The number of hydrogen-bond donors (Lipinski definition) is 0. The summed E-state index contributed by atoms with van der Waals surface area (Å²) in [6.07, 6.45) is 7.04. The molecular weight excluding hydrogens is 302 g/mol. The number of pyridine rings is 1. The van der Waals surface area contributed by atoms with Gasteiger partial charge in [-0.15, -0.1) is 0 Å². The predicted molar refractivity (Wildman–Crippen MR) is 94.7 cm³/mol. The number of carbonyl (C=O) groups is 1. The van der Waals surface area contributed by atoms with Gasteiger partial charge < -0.3 is 14.2 Å². The largest absolute Gasteiger partial charge is 0.462 e. The maximum atomic E-state index is 12.3. The first-order valence-corrected chi connectivity index (χ1v) is 8.31. The lowest BCUT2D eigenvalue weighted by molar-refractivity contribution is -0.127. The number of likely N-dealkylation sites (N-methyl/N-ethyl adjacent to an activating group) is 1. The summed E-state index contributed by atoms with van der Waals surface area (Å²) >= 11 is 0. The van der Waals surface area contributed by atoms with Gasteiger partial charge in [-0.05, 0) is 50.1 Å². The molecule has 0 N–H and O–H groups in total. The highest BCUT2D eigenvalue weighted by molar-refractivity contribution is 5.91. The van der Waals surface area contributed by atoms with Crippen molar-refractivity contribution < 1.29 is 9.21 Å². The molecule has 3 heterocycles. The van der Waals surface area contributed by atoms with Crippen LogP contribution in [-0.2, 0) is 4.79 Å². The number of carbonyl (C=O) groups excluding carboxylic acids is 1. The number of amides is 1. The van der Waals surface area contributed by atoms with Gasteiger partial charge in [-0.2, -0.15) is 0 Å². The zero-order chi connectivity index (χ0) is 16.9. The third-order valence-corrected chi connectivity index (χ3v) is 4.48. The van der Waals surface area contributed by atoms with Gasteiger partial charge in [0.1, 0.15) is 17.3 Å². The van der Waals surface area contributed by atoms with Crippen molar-refractivity contribution in [3.05, 3.63) is 54.1 Å². The molecule has 0 bridgehead atoms. The molecule has 1 fully saturated rings. The normalized spacial score (nSPS) is 15.8. The van der Waals surface area contributed by atoms with Crippen LogP contribution in [0.25, 0.3) is 6.08 Å². The second-order valence-electron chi connectivity index (χ2n) is 6.14. The van der Waals surface area contributed by atoms with Crippen LogP contribution in [-0.4, -0.2) is 42.0 Å². The van der Waals surface area contributed by atoms with Crippen molar-refractivity contribution in [1.82, 2.24) is 9.88 Å². The summed E-state index contributed by atoms with van der Waals surface area (Å²) in [5.41, 5.74) is 0. The monoisotopic (exact) mass is 325 g/mol. The van der Waals surface area contributed by atoms with Crippen molar-refractivity contribution in [3.63, 3.8) is 0 Å². The molecule has 1 amide bonds. The van der Waals surface area contributed by atoms with Crippen LogP contribution < -0.4 is 4.90 Å². The second kappa shape index (κ2) is 7.34. The van der Waals surface area contributed by atoms with Gasteiger partial charge in [-0.1, -0.05) is 6.07 Å². The van der Waals surface area contributed by atoms with E-state index in [2.05, 4.69) is 9.88 Å². The Kier molecular flexibility index (Phi) is 4.99. The molecule has 1 saturated heterocycles. The fourth-order valence-electron chi connectivity index (χ4n) is 3.02. The first kappa shape index (κ1) is 16.3. The van der Waals surface area contributed by atoms with Gasteiger partial charge >= 0.3 is 0 Å². The molecular formula is C19H23N3O2. The molecule has 24 heavy (non-hydrogen) atoms. The minimum Gasteiger partial charge on any atom is -0.462 e. The quantitative estimate of drug-likeness (QED) is 0.811.